The number of nitrogens with one attached hydrogen (secondary N) is 3. The lowest BCUT2D eigenvalue weighted by Gasteiger charge is -2.28. The van der Waals surface area contributed by atoms with Crippen molar-refractivity contribution in [2.45, 2.75) is 50.7 Å². The van der Waals surface area contributed by atoms with E-state index in [0.29, 0.717) is 31.4 Å². The van der Waals surface area contributed by atoms with Crippen molar-refractivity contribution >= 4 is 40.9 Å². The zero-order valence-corrected chi connectivity index (χ0v) is 23.6. The summed E-state index contributed by atoms with van der Waals surface area (Å²) in [7, 11) is 0. The molecule has 0 bridgehead atoms. The van der Waals surface area contributed by atoms with E-state index in [1.165, 1.54) is 16.2 Å². The number of fused-ring (bicyclic) bond motifs is 1. The van der Waals surface area contributed by atoms with Gasteiger partial charge in [0.15, 0.2) is 0 Å². The molecule has 2 heterocycles. The van der Waals surface area contributed by atoms with Gasteiger partial charge in [0.2, 0.25) is 17.7 Å². The molecular weight excluding hydrogens is 550 g/mol. The molecule has 1 saturated heterocycles. The minimum absolute atomic E-state index is 0.0623. The molecule has 0 radical (unpaired) electrons. The summed E-state index contributed by atoms with van der Waals surface area (Å²) in [6.07, 6.45) is 1.58. The van der Waals surface area contributed by atoms with Crippen molar-refractivity contribution in [3.8, 4) is 5.75 Å². The fraction of sp³-hybridized carbons (Fsp3) is 0.464. The van der Waals surface area contributed by atoms with Crippen molar-refractivity contribution in [3.05, 3.63) is 52.2 Å². The lowest BCUT2D eigenvalue weighted by Crippen LogP contribution is -2.51. The molecule has 12 nitrogen and oxygen atoms in total. The zero-order chi connectivity index (χ0) is 29.6. The van der Waals surface area contributed by atoms with Gasteiger partial charge in [-0.3, -0.25) is 19.8 Å². The third-order valence-corrected chi connectivity index (χ3v) is 8.45. The first kappa shape index (κ1) is 30.0. The molecule has 2 fully saturated rings. The Labute approximate surface area is 241 Å². The van der Waals surface area contributed by atoms with E-state index in [1.54, 1.807) is 11.4 Å². The normalized spacial score (nSPS) is 21.4. The fourth-order valence-electron chi connectivity index (χ4n) is 5.16. The quantitative estimate of drug-likeness (QED) is 0.119. The summed E-state index contributed by atoms with van der Waals surface area (Å²) in [5.41, 5.74) is 5.63. The number of amidine groups is 1. The van der Waals surface area contributed by atoms with Gasteiger partial charge in [-0.25, -0.2) is 4.79 Å². The number of rotatable bonds is 15. The van der Waals surface area contributed by atoms with Crippen LogP contribution in [-0.2, 0) is 23.9 Å². The number of piperidine rings is 1. The number of hydrogen-bond acceptors (Lipinski definition) is 8. The lowest BCUT2D eigenvalue weighted by atomic mass is 10.00. The average molecular weight is 586 g/mol. The Kier molecular flexibility index (Phi) is 9.61. The molecule has 2 aromatic rings. The van der Waals surface area contributed by atoms with Crippen molar-refractivity contribution in [2.75, 3.05) is 26.4 Å². The van der Waals surface area contributed by atoms with Crippen LogP contribution in [0.3, 0.4) is 0 Å². The van der Waals surface area contributed by atoms with Gasteiger partial charge < -0.3 is 35.8 Å². The summed E-state index contributed by atoms with van der Waals surface area (Å²) < 4.78 is 11.0. The number of nitrogens with zero attached hydrogens (tertiary/aromatic N) is 1. The van der Waals surface area contributed by atoms with Crippen LogP contribution in [0.25, 0.3) is 0 Å². The molecular formula is C28H35N5O7S. The van der Waals surface area contributed by atoms with Gasteiger partial charge in [0.25, 0.3) is 0 Å². The lowest BCUT2D eigenvalue weighted by molar-refractivity contribution is -0.143. The number of ether oxygens (including phenoxy) is 2. The van der Waals surface area contributed by atoms with Gasteiger partial charge in [-0.2, -0.15) is 0 Å². The molecule has 1 aliphatic heterocycles. The molecule has 4 rings (SSSR count). The fourth-order valence-corrected chi connectivity index (χ4v) is 6.07. The standard InChI is InChI=1S/C28H35N5O7S/c1-17(21-10-18(15-41-21)26(29)30)32-27(38)20-11-28(16-39-14-25(36)37)12-22(28)33(20)24(35)13-31-23(34)8-5-9-40-19-6-3-2-4-7-19/h2-4,6-7,10,15,17,20,22H,5,8-9,11-14,16H2,1H3,(H3,29,30)(H,31,34)(H,32,38)(H,36,37)/t17?,20-,22-,28+/m0/s1. The highest BCUT2D eigenvalue weighted by atomic mass is 32.1. The number of aliphatic carboxylic acids is 1. The maximum atomic E-state index is 13.4. The van der Waals surface area contributed by atoms with E-state index in [0.717, 1.165) is 10.6 Å². The molecule has 1 aliphatic carbocycles. The zero-order valence-electron chi connectivity index (χ0n) is 22.8. The first-order valence-corrected chi connectivity index (χ1v) is 14.3. The third-order valence-electron chi connectivity index (χ3n) is 7.34. The van der Waals surface area contributed by atoms with Crippen LogP contribution in [0.4, 0.5) is 0 Å². The van der Waals surface area contributed by atoms with E-state index in [9.17, 15) is 19.2 Å². The summed E-state index contributed by atoms with van der Waals surface area (Å²) in [6.45, 7) is 1.57. The number of nitrogen functional groups attached to an aromatic ring is 1. The number of nitrogens with two attached hydrogens (primary N) is 1. The Hall–Kier alpha value is -3.97. The van der Waals surface area contributed by atoms with Crippen molar-refractivity contribution in [1.29, 1.82) is 5.41 Å². The molecule has 1 aromatic heterocycles. The number of carbonyl (C=O) groups excluding carboxylic acids is 3. The molecule has 220 valence electrons. The molecule has 1 aromatic carbocycles. The summed E-state index contributed by atoms with van der Waals surface area (Å²) in [5, 5.41) is 23.9. The SMILES string of the molecule is CC(NC(=O)[C@@H]1C[C@]2(COCC(=O)O)C[C@@H]2N1C(=O)CNC(=O)CCCOc1ccccc1)c1cc(C(=N)N)cs1. The second-order valence-electron chi connectivity index (χ2n) is 10.4. The maximum Gasteiger partial charge on any atom is 0.329 e. The number of hydrogen-bond donors (Lipinski definition) is 5. The number of carboxylic acids is 1. The number of carboxylic acid groups (broad SMARTS) is 1. The highest BCUT2D eigenvalue weighted by molar-refractivity contribution is 7.10. The highest BCUT2D eigenvalue weighted by Crippen LogP contribution is 2.59. The van der Waals surface area contributed by atoms with Gasteiger partial charge in [0, 0.05) is 33.7 Å². The third kappa shape index (κ3) is 7.61. The van der Waals surface area contributed by atoms with Gasteiger partial charge in [0.05, 0.1) is 25.8 Å². The van der Waals surface area contributed by atoms with Gasteiger partial charge in [0.1, 0.15) is 24.2 Å². The van der Waals surface area contributed by atoms with E-state index in [2.05, 4.69) is 10.6 Å². The minimum atomic E-state index is -1.09. The van der Waals surface area contributed by atoms with Crippen LogP contribution in [0.1, 0.15) is 49.1 Å². The van der Waals surface area contributed by atoms with E-state index < -0.39 is 24.0 Å². The molecule has 13 heteroatoms. The molecule has 4 atom stereocenters. The van der Waals surface area contributed by atoms with Crippen molar-refractivity contribution < 1.29 is 33.8 Å². The number of benzene rings is 1. The van der Waals surface area contributed by atoms with Gasteiger partial charge in [-0.15, -0.1) is 11.3 Å². The number of amides is 3. The first-order valence-electron chi connectivity index (χ1n) is 13.4. The molecule has 1 unspecified atom stereocenters. The predicted molar refractivity (Wildman–Crippen MR) is 151 cm³/mol. The molecule has 3 amide bonds. The minimum Gasteiger partial charge on any atom is -0.494 e. The van der Waals surface area contributed by atoms with Crippen LogP contribution in [0.15, 0.2) is 41.8 Å². The predicted octanol–water partition coefficient (Wildman–Crippen LogP) is 1.65. The van der Waals surface area contributed by atoms with Crippen molar-refractivity contribution in [1.82, 2.24) is 15.5 Å². The Balaban J connectivity index is 1.33. The Bertz CT molecular complexity index is 1290. The summed E-state index contributed by atoms with van der Waals surface area (Å²) >= 11 is 1.37. The number of para-hydroxylation sites is 1. The van der Waals surface area contributed by atoms with Crippen LogP contribution < -0.4 is 21.1 Å². The van der Waals surface area contributed by atoms with E-state index in [1.807, 2.05) is 37.3 Å². The van der Waals surface area contributed by atoms with Gasteiger partial charge in [-0.1, -0.05) is 18.2 Å². The van der Waals surface area contributed by atoms with Crippen LogP contribution in [0.5, 0.6) is 5.75 Å². The van der Waals surface area contributed by atoms with Crippen LogP contribution in [0, 0.1) is 10.8 Å². The first-order chi connectivity index (χ1) is 19.6. The van der Waals surface area contributed by atoms with Crippen molar-refractivity contribution in [3.63, 3.8) is 0 Å². The maximum absolute atomic E-state index is 13.4. The summed E-state index contributed by atoms with van der Waals surface area (Å²) in [6, 6.07) is 9.56. The Morgan fingerprint density at radius 1 is 1.24 bits per heavy atom. The Morgan fingerprint density at radius 2 is 2.00 bits per heavy atom. The topological polar surface area (TPSA) is 184 Å². The number of carbonyl (C=O) groups is 4. The molecule has 0 spiro atoms. The molecule has 41 heavy (non-hydrogen) atoms. The average Bonchev–Trinajstić information content (AvgIpc) is 3.26. The highest BCUT2D eigenvalue weighted by Gasteiger charge is 2.67. The smallest absolute Gasteiger partial charge is 0.329 e. The van der Waals surface area contributed by atoms with E-state index in [4.69, 9.17) is 25.7 Å². The van der Waals surface area contributed by atoms with Gasteiger partial charge >= 0.3 is 5.97 Å². The molecule has 6 N–H and O–H groups in total. The largest absolute Gasteiger partial charge is 0.494 e. The van der Waals surface area contributed by atoms with Crippen molar-refractivity contribution in [2.24, 2.45) is 11.1 Å². The van der Waals surface area contributed by atoms with Crippen LogP contribution in [0.2, 0.25) is 0 Å². The number of likely N-dealkylation sites (tertiary alicyclic amines) is 1. The van der Waals surface area contributed by atoms with Crippen LogP contribution >= 0.6 is 11.3 Å². The summed E-state index contributed by atoms with van der Waals surface area (Å²) in [5.74, 6) is -1.47. The second-order valence-corrected chi connectivity index (χ2v) is 11.4. The number of thiophene rings is 1. The van der Waals surface area contributed by atoms with E-state index >= 15 is 0 Å². The monoisotopic (exact) mass is 585 g/mol. The van der Waals surface area contributed by atoms with Crippen LogP contribution in [-0.4, -0.2) is 78.0 Å². The molecule has 1 saturated carbocycles. The summed E-state index contributed by atoms with van der Waals surface area (Å²) in [4.78, 5) is 52.4. The Morgan fingerprint density at radius 3 is 2.68 bits per heavy atom. The second kappa shape index (κ2) is 13.1. The molecule has 2 aliphatic rings. The van der Waals surface area contributed by atoms with E-state index in [-0.39, 0.29) is 55.2 Å². The van der Waals surface area contributed by atoms with Gasteiger partial charge in [-0.05, 0) is 44.4 Å².